The van der Waals surface area contributed by atoms with E-state index in [4.69, 9.17) is 0 Å². The molecule has 1 aromatic rings. The van der Waals surface area contributed by atoms with Crippen LogP contribution in [0.5, 0.6) is 0 Å². The first-order valence-corrected chi connectivity index (χ1v) is 7.78. The normalized spacial score (nSPS) is 18.2. The second-order valence-corrected chi connectivity index (χ2v) is 6.41. The highest BCUT2D eigenvalue weighted by molar-refractivity contribution is 7.86. The smallest absolute Gasteiger partial charge is 0.302 e. The fraction of sp³-hybridized carbons (Fsp3) is 0.364. The van der Waals surface area contributed by atoms with Crippen LogP contribution in [0.1, 0.15) is 6.42 Å². The highest BCUT2D eigenvalue weighted by Gasteiger charge is 2.35. The molecule has 0 N–H and O–H groups in total. The van der Waals surface area contributed by atoms with Crippen LogP contribution in [0.3, 0.4) is 0 Å². The van der Waals surface area contributed by atoms with Crippen LogP contribution in [0.25, 0.3) is 0 Å². The molecule has 124 valence electrons. The molecule has 1 atom stereocenters. The fourth-order valence-corrected chi connectivity index (χ4v) is 3.16. The summed E-state index contributed by atoms with van der Waals surface area (Å²) in [4.78, 5) is 32.8. The molecule has 1 saturated heterocycles. The van der Waals surface area contributed by atoms with Crippen molar-refractivity contribution in [2.45, 2.75) is 6.42 Å². The third kappa shape index (κ3) is 3.97. The van der Waals surface area contributed by atoms with Gasteiger partial charge < -0.3 is 4.90 Å². The number of anilines is 1. The van der Waals surface area contributed by atoms with Crippen LogP contribution in [0.15, 0.2) is 18.2 Å². The van der Waals surface area contributed by atoms with Gasteiger partial charge in [-0.2, -0.15) is 8.42 Å². The summed E-state index contributed by atoms with van der Waals surface area (Å²) in [5, 5.41) is 21.7. The lowest BCUT2D eigenvalue weighted by Crippen LogP contribution is -2.25. The number of amides is 1. The number of nitro groups is 2. The van der Waals surface area contributed by atoms with Gasteiger partial charge in [-0.15, -0.1) is 3.89 Å². The largest absolute Gasteiger partial charge is 0.312 e. The molecule has 1 heterocycles. The van der Waals surface area contributed by atoms with Crippen molar-refractivity contribution in [2.75, 3.05) is 17.2 Å². The zero-order valence-corrected chi connectivity index (χ0v) is 12.2. The van der Waals surface area contributed by atoms with E-state index in [-0.39, 0.29) is 18.7 Å². The van der Waals surface area contributed by atoms with E-state index in [9.17, 15) is 37.3 Å². The number of benzene rings is 1. The Morgan fingerprint density at radius 2 is 1.70 bits per heavy atom. The number of nitro benzene ring substituents is 2. The van der Waals surface area contributed by atoms with E-state index in [0.717, 1.165) is 23.1 Å². The van der Waals surface area contributed by atoms with Gasteiger partial charge in [-0.05, 0) is 0 Å². The summed E-state index contributed by atoms with van der Waals surface area (Å²) in [5.41, 5.74) is -1.26. The van der Waals surface area contributed by atoms with E-state index in [2.05, 4.69) is 0 Å². The Balaban J connectivity index is 2.36. The van der Waals surface area contributed by atoms with Crippen molar-refractivity contribution in [2.24, 2.45) is 5.92 Å². The van der Waals surface area contributed by atoms with Crippen molar-refractivity contribution in [1.29, 1.82) is 0 Å². The molecule has 10 nitrogen and oxygen atoms in total. The van der Waals surface area contributed by atoms with Crippen LogP contribution in [-0.4, -0.2) is 36.5 Å². The van der Waals surface area contributed by atoms with E-state index in [1.807, 2.05) is 0 Å². The van der Waals surface area contributed by atoms with Crippen molar-refractivity contribution in [1.82, 2.24) is 0 Å². The molecule has 1 aromatic carbocycles. The molecule has 0 radical (unpaired) electrons. The summed E-state index contributed by atoms with van der Waals surface area (Å²) < 4.78 is 34.0. The number of carbonyl (C=O) groups excluding carboxylic acids is 1. The number of nitrogens with zero attached hydrogens (tertiary/aromatic N) is 3. The summed E-state index contributed by atoms with van der Waals surface area (Å²) in [6, 6.07) is 2.68. The van der Waals surface area contributed by atoms with E-state index < -0.39 is 49.0 Å². The number of non-ortho nitro benzene ring substituents is 2. The van der Waals surface area contributed by atoms with Crippen LogP contribution >= 0.6 is 0 Å². The molecule has 0 aromatic heterocycles. The number of hydrogen-bond acceptors (Lipinski definition) is 7. The van der Waals surface area contributed by atoms with Crippen LogP contribution in [0.2, 0.25) is 0 Å². The van der Waals surface area contributed by atoms with Crippen LogP contribution in [0.4, 0.5) is 20.9 Å². The Labute approximate surface area is 129 Å². The molecule has 0 aliphatic carbocycles. The molecule has 1 fully saturated rings. The minimum Gasteiger partial charge on any atom is -0.312 e. The van der Waals surface area contributed by atoms with Crippen molar-refractivity contribution in [3.05, 3.63) is 38.4 Å². The van der Waals surface area contributed by atoms with Crippen molar-refractivity contribution >= 4 is 33.2 Å². The maximum absolute atomic E-state index is 12.7. The van der Waals surface area contributed by atoms with Gasteiger partial charge in [0.1, 0.15) is 0 Å². The molecule has 1 aliphatic rings. The number of carbonyl (C=O) groups is 1. The average molecular weight is 347 g/mol. The van der Waals surface area contributed by atoms with E-state index >= 15 is 0 Å². The fourth-order valence-electron chi connectivity index (χ4n) is 2.37. The van der Waals surface area contributed by atoms with Gasteiger partial charge in [0.05, 0.1) is 27.4 Å². The van der Waals surface area contributed by atoms with Gasteiger partial charge in [-0.25, -0.2) is 0 Å². The minimum atomic E-state index is -4.78. The quantitative estimate of drug-likeness (QED) is 0.442. The zero-order valence-electron chi connectivity index (χ0n) is 11.4. The lowest BCUT2D eigenvalue weighted by atomic mass is 10.1. The first kappa shape index (κ1) is 16.7. The average Bonchev–Trinajstić information content (AvgIpc) is 2.76. The maximum atomic E-state index is 12.7. The highest BCUT2D eigenvalue weighted by atomic mass is 32.3. The van der Waals surface area contributed by atoms with Gasteiger partial charge in [0.2, 0.25) is 5.91 Å². The first-order valence-electron chi connectivity index (χ1n) is 6.23. The zero-order chi connectivity index (χ0) is 17.4. The van der Waals surface area contributed by atoms with Crippen LogP contribution in [-0.2, 0) is 15.0 Å². The number of halogens is 1. The van der Waals surface area contributed by atoms with Crippen LogP contribution < -0.4 is 4.90 Å². The van der Waals surface area contributed by atoms with Gasteiger partial charge in [0.25, 0.3) is 11.4 Å². The molecule has 1 aliphatic heterocycles. The number of rotatable bonds is 5. The predicted molar refractivity (Wildman–Crippen MR) is 75.1 cm³/mol. The van der Waals surface area contributed by atoms with Crippen molar-refractivity contribution in [3.63, 3.8) is 0 Å². The first-order chi connectivity index (χ1) is 10.6. The van der Waals surface area contributed by atoms with Crippen LogP contribution in [0, 0.1) is 26.1 Å². The summed E-state index contributed by atoms with van der Waals surface area (Å²) in [6.45, 7) is -0.194. The summed E-state index contributed by atoms with van der Waals surface area (Å²) in [5.74, 6) is -2.27. The van der Waals surface area contributed by atoms with E-state index in [1.54, 1.807) is 0 Å². The van der Waals surface area contributed by atoms with Crippen molar-refractivity contribution < 1.29 is 26.9 Å². The molecule has 0 saturated carbocycles. The lowest BCUT2D eigenvalue weighted by Gasteiger charge is -2.16. The number of hydrogen-bond donors (Lipinski definition) is 0. The molecular formula is C11H10FN3O7S. The van der Waals surface area contributed by atoms with Gasteiger partial charge >= 0.3 is 10.2 Å². The lowest BCUT2D eigenvalue weighted by molar-refractivity contribution is -0.394. The van der Waals surface area contributed by atoms with Gasteiger partial charge in [0, 0.05) is 31.0 Å². The monoisotopic (exact) mass is 347 g/mol. The SMILES string of the molecule is O=C1CC(CS(=O)(=O)F)CN1c1cc([N+](=O)[O-])cc([N+](=O)[O-])c1. The van der Waals surface area contributed by atoms with E-state index in [0.29, 0.717) is 0 Å². The van der Waals surface area contributed by atoms with E-state index in [1.165, 1.54) is 0 Å². The third-order valence-electron chi connectivity index (χ3n) is 3.26. The molecule has 1 unspecified atom stereocenters. The second kappa shape index (κ2) is 5.87. The van der Waals surface area contributed by atoms with Gasteiger partial charge in [-0.1, -0.05) is 0 Å². The Hall–Kier alpha value is -2.63. The third-order valence-corrected chi connectivity index (χ3v) is 4.13. The molecule has 12 heteroatoms. The highest BCUT2D eigenvalue weighted by Crippen LogP contribution is 2.32. The van der Waals surface area contributed by atoms with Gasteiger partial charge in [0.15, 0.2) is 0 Å². The predicted octanol–water partition coefficient (Wildman–Crippen LogP) is 1.16. The standard InChI is InChI=1S/C11H10FN3O7S/c12-23(21,22)6-7-1-11(16)13(5-7)8-2-9(14(17)18)4-10(3-8)15(19)20/h2-4,7H,1,5-6H2. The summed E-state index contributed by atoms with van der Waals surface area (Å²) in [6.07, 6.45) is -0.264. The van der Waals surface area contributed by atoms with Gasteiger partial charge in [-0.3, -0.25) is 25.0 Å². The molecule has 2 rings (SSSR count). The second-order valence-electron chi connectivity index (χ2n) is 5.00. The summed E-state index contributed by atoms with van der Waals surface area (Å²) >= 11 is 0. The Bertz CT molecular complexity index is 763. The Morgan fingerprint density at radius 3 is 2.13 bits per heavy atom. The Morgan fingerprint density at radius 1 is 1.17 bits per heavy atom. The minimum absolute atomic E-state index is 0.102. The Kier molecular flexibility index (Phi) is 4.27. The molecule has 0 bridgehead atoms. The molecule has 23 heavy (non-hydrogen) atoms. The molecule has 1 amide bonds. The van der Waals surface area contributed by atoms with Crippen molar-refractivity contribution in [3.8, 4) is 0 Å². The molecular weight excluding hydrogens is 337 g/mol. The maximum Gasteiger partial charge on any atom is 0.302 e. The topological polar surface area (TPSA) is 141 Å². The summed E-state index contributed by atoms with van der Waals surface area (Å²) in [7, 11) is -4.78. The molecule has 0 spiro atoms.